The van der Waals surface area contributed by atoms with Crippen molar-refractivity contribution in [2.75, 3.05) is 27.0 Å². The molecule has 0 aliphatic rings. The number of carbonyl (C=O) groups is 4. The molecule has 1 rings (SSSR count). The van der Waals surface area contributed by atoms with Crippen LogP contribution in [0.5, 0.6) is 5.75 Å². The molecular formula is C35H55FN2O8. The molecule has 10 nitrogen and oxygen atoms in total. The van der Waals surface area contributed by atoms with Gasteiger partial charge in [0, 0.05) is 45.8 Å². The first-order valence-electron chi connectivity index (χ1n) is 16.6. The number of carboxylic acid groups (broad SMARTS) is 1. The Morgan fingerprint density at radius 3 is 2.15 bits per heavy atom. The predicted octanol–water partition coefficient (Wildman–Crippen LogP) is 5.23. The molecule has 0 fully saturated rings. The first-order chi connectivity index (χ1) is 22.1. The van der Waals surface area contributed by atoms with Gasteiger partial charge in [-0.25, -0.2) is 4.79 Å². The molecule has 0 aliphatic carbocycles. The van der Waals surface area contributed by atoms with E-state index in [2.05, 4.69) is 12.2 Å². The number of amides is 2. The number of nitrogens with two attached hydrogens (primary N) is 1. The second kappa shape index (κ2) is 23.9. The number of Topliss-reactive ketones (excluding diaryl/α,β-unsaturated/α-hetero) is 1. The van der Waals surface area contributed by atoms with Crippen LogP contribution in [-0.4, -0.2) is 72.4 Å². The average molecular weight is 651 g/mol. The van der Waals surface area contributed by atoms with Crippen molar-refractivity contribution in [1.29, 1.82) is 0 Å². The Bertz CT molecular complexity index is 1070. The highest BCUT2D eigenvalue weighted by Crippen LogP contribution is 2.26. The Labute approximate surface area is 273 Å². The lowest BCUT2D eigenvalue weighted by molar-refractivity contribution is -0.168. The van der Waals surface area contributed by atoms with Crippen molar-refractivity contribution in [3.05, 3.63) is 42.0 Å². The molecule has 1 aromatic rings. The number of hydrogen-bond donors (Lipinski definition) is 4. The van der Waals surface area contributed by atoms with Crippen LogP contribution in [0.2, 0.25) is 0 Å². The number of allylic oxidation sites excluding steroid dienone is 1. The average Bonchev–Trinajstić information content (AvgIpc) is 3.03. The van der Waals surface area contributed by atoms with Crippen molar-refractivity contribution in [2.24, 2.45) is 11.7 Å². The number of benzene rings is 1. The highest BCUT2D eigenvalue weighted by atomic mass is 19.1. The van der Waals surface area contributed by atoms with Gasteiger partial charge < -0.3 is 30.7 Å². The number of alkyl halides is 1. The molecule has 46 heavy (non-hydrogen) atoms. The van der Waals surface area contributed by atoms with Crippen LogP contribution in [-0.2, 0) is 30.3 Å². The van der Waals surface area contributed by atoms with Crippen LogP contribution >= 0.6 is 0 Å². The summed E-state index contributed by atoms with van der Waals surface area (Å²) in [5, 5.41) is 23.6. The maximum atomic E-state index is 13.4. The summed E-state index contributed by atoms with van der Waals surface area (Å²) in [6.45, 7) is 1.79. The molecule has 3 atom stereocenters. The van der Waals surface area contributed by atoms with Crippen LogP contribution in [0, 0.1) is 5.92 Å². The van der Waals surface area contributed by atoms with E-state index in [9.17, 15) is 33.8 Å². The van der Waals surface area contributed by atoms with Gasteiger partial charge in [-0.1, -0.05) is 69.7 Å². The van der Waals surface area contributed by atoms with Crippen molar-refractivity contribution in [1.82, 2.24) is 5.32 Å². The molecule has 0 aliphatic heterocycles. The molecule has 0 radical (unpaired) electrons. The monoisotopic (exact) mass is 650 g/mol. The van der Waals surface area contributed by atoms with Crippen molar-refractivity contribution < 1.29 is 43.3 Å². The molecule has 0 saturated carbocycles. The third kappa shape index (κ3) is 16.3. The van der Waals surface area contributed by atoms with E-state index in [1.807, 2.05) is 0 Å². The molecule has 0 unspecified atom stereocenters. The Kier molecular flexibility index (Phi) is 21.2. The zero-order valence-corrected chi connectivity index (χ0v) is 27.6. The van der Waals surface area contributed by atoms with Crippen molar-refractivity contribution in [3.63, 3.8) is 0 Å². The summed E-state index contributed by atoms with van der Waals surface area (Å²) in [5.41, 5.74) is 3.74. The minimum atomic E-state index is -2.49. The molecule has 0 aromatic heterocycles. The Balaban J connectivity index is 2.80. The molecule has 0 bridgehead atoms. The number of carbonyl (C=O) groups excluding carboxylic acids is 3. The van der Waals surface area contributed by atoms with Gasteiger partial charge in [0.15, 0.2) is 5.60 Å². The van der Waals surface area contributed by atoms with Gasteiger partial charge in [-0.05, 0) is 43.4 Å². The van der Waals surface area contributed by atoms with Gasteiger partial charge in [-0.3, -0.25) is 18.8 Å². The number of methoxy groups -OCH3 is 1. The van der Waals surface area contributed by atoms with Gasteiger partial charge in [-0.15, -0.1) is 0 Å². The number of carboxylic acids is 1. The van der Waals surface area contributed by atoms with E-state index in [-0.39, 0.29) is 32.5 Å². The highest BCUT2D eigenvalue weighted by molar-refractivity contribution is 5.93. The van der Waals surface area contributed by atoms with Gasteiger partial charge in [-0.2, -0.15) is 0 Å². The third-order valence-corrected chi connectivity index (χ3v) is 7.89. The fourth-order valence-electron chi connectivity index (χ4n) is 5.02. The lowest BCUT2D eigenvalue weighted by Crippen LogP contribution is -2.55. The first kappa shape index (κ1) is 40.7. The van der Waals surface area contributed by atoms with Crippen molar-refractivity contribution >= 4 is 23.6 Å². The summed E-state index contributed by atoms with van der Waals surface area (Å²) in [5.74, 6) is -3.98. The van der Waals surface area contributed by atoms with Gasteiger partial charge in [0.2, 0.25) is 11.8 Å². The number of aliphatic hydroxyl groups is 1. The molecule has 0 spiro atoms. The summed E-state index contributed by atoms with van der Waals surface area (Å²) in [4.78, 5) is 50.0. The number of halogens is 1. The normalized spacial score (nSPS) is 14.0. The Morgan fingerprint density at radius 2 is 1.59 bits per heavy atom. The fraction of sp³-hybridized carbons (Fsp3) is 0.657. The molecular weight excluding hydrogens is 595 g/mol. The molecule has 260 valence electrons. The van der Waals surface area contributed by atoms with E-state index in [1.54, 1.807) is 30.3 Å². The number of ketones is 1. The van der Waals surface area contributed by atoms with Crippen LogP contribution in [0.15, 0.2) is 36.4 Å². The standard InChI is InChI=1S/C35H55FN2O8/c1-3-4-5-8-11-15-28(39)16-12-9-6-7-10-13-17-30(35(44,34(42)43)22-25-45-2)33(41)38-31(32(37)40)26-27-18-20-29(21-19-27)46-24-14-23-36/h13,17-21,30-31,44H,3-12,14-16,22-26H2,1-2H3,(H2,37,40)(H,38,41)(H,42,43)/b17-13+/t30-,31+,35+/m1/s1. The topological polar surface area (TPSA) is 165 Å². The molecule has 1 aromatic carbocycles. The van der Waals surface area contributed by atoms with Gasteiger partial charge in [0.05, 0.1) is 19.2 Å². The summed E-state index contributed by atoms with van der Waals surface area (Å²) in [6.07, 6.45) is 13.7. The number of nitrogens with one attached hydrogen (secondary N) is 1. The van der Waals surface area contributed by atoms with Crippen molar-refractivity contribution in [2.45, 2.75) is 115 Å². The van der Waals surface area contributed by atoms with Crippen LogP contribution in [0.1, 0.15) is 102 Å². The Morgan fingerprint density at radius 1 is 0.957 bits per heavy atom. The minimum absolute atomic E-state index is 0.0210. The molecule has 11 heteroatoms. The lowest BCUT2D eigenvalue weighted by atomic mass is 9.83. The summed E-state index contributed by atoms with van der Waals surface area (Å²) < 4.78 is 22.7. The summed E-state index contributed by atoms with van der Waals surface area (Å²) in [7, 11) is 1.36. The fourth-order valence-corrected chi connectivity index (χ4v) is 5.02. The quantitative estimate of drug-likeness (QED) is 0.0707. The largest absolute Gasteiger partial charge is 0.494 e. The van der Waals surface area contributed by atoms with E-state index in [4.69, 9.17) is 15.2 Å². The number of hydrogen-bond acceptors (Lipinski definition) is 7. The summed E-state index contributed by atoms with van der Waals surface area (Å²) >= 11 is 0. The highest BCUT2D eigenvalue weighted by Gasteiger charge is 2.47. The second-order valence-corrected chi connectivity index (χ2v) is 11.7. The van der Waals surface area contributed by atoms with Crippen LogP contribution in [0.25, 0.3) is 0 Å². The number of aliphatic carboxylic acids is 1. The second-order valence-electron chi connectivity index (χ2n) is 11.7. The zero-order valence-electron chi connectivity index (χ0n) is 27.6. The van der Waals surface area contributed by atoms with E-state index in [0.717, 1.165) is 38.5 Å². The maximum Gasteiger partial charge on any atom is 0.336 e. The smallest absolute Gasteiger partial charge is 0.336 e. The Hall–Kier alpha value is -3.31. The first-order valence-corrected chi connectivity index (χ1v) is 16.6. The molecule has 0 saturated heterocycles. The third-order valence-electron chi connectivity index (χ3n) is 7.89. The lowest BCUT2D eigenvalue weighted by Gasteiger charge is -2.30. The maximum absolute atomic E-state index is 13.4. The van der Waals surface area contributed by atoms with E-state index < -0.39 is 42.0 Å². The number of ether oxygens (including phenoxy) is 2. The predicted molar refractivity (Wildman–Crippen MR) is 175 cm³/mol. The van der Waals surface area contributed by atoms with Gasteiger partial charge >= 0.3 is 5.97 Å². The van der Waals surface area contributed by atoms with Crippen LogP contribution < -0.4 is 15.8 Å². The zero-order chi connectivity index (χ0) is 34.2. The van der Waals surface area contributed by atoms with Crippen LogP contribution in [0.3, 0.4) is 0 Å². The molecule has 2 amide bonds. The minimum Gasteiger partial charge on any atom is -0.494 e. The number of unbranched alkanes of at least 4 members (excludes halogenated alkanes) is 8. The molecule has 0 heterocycles. The number of rotatable bonds is 28. The van der Waals surface area contributed by atoms with E-state index in [0.29, 0.717) is 36.4 Å². The number of primary amides is 1. The van der Waals surface area contributed by atoms with Gasteiger partial charge in [0.25, 0.3) is 0 Å². The molecule has 5 N–H and O–H groups in total. The SMILES string of the molecule is CCCCCCCC(=O)CCCCCC/C=C/[C@H](C(=O)N[C@@H](Cc1ccc(OCCCF)cc1)C(N)=O)[C@@](O)(CCOC)C(=O)O. The van der Waals surface area contributed by atoms with E-state index >= 15 is 0 Å². The van der Waals surface area contributed by atoms with Gasteiger partial charge in [0.1, 0.15) is 17.6 Å². The summed E-state index contributed by atoms with van der Waals surface area (Å²) in [6, 6.07) is 5.49. The van der Waals surface area contributed by atoms with E-state index in [1.165, 1.54) is 32.4 Å². The van der Waals surface area contributed by atoms with Crippen LogP contribution in [0.4, 0.5) is 4.39 Å². The van der Waals surface area contributed by atoms with Crippen molar-refractivity contribution in [3.8, 4) is 5.75 Å².